The Morgan fingerprint density at radius 1 is 1.18 bits per heavy atom. The summed E-state index contributed by atoms with van der Waals surface area (Å²) < 4.78 is 11.3. The molecule has 1 heterocycles. The maximum absolute atomic E-state index is 12.8. The summed E-state index contributed by atoms with van der Waals surface area (Å²) >= 11 is 0. The number of carbonyl (C=O) groups is 2. The standard InChI is InChI=1S/C22H25NO5/c1-15(22(25)26)16-6-4-7-18(13-16)23-21(24)20-8-3-2-5-17(20)14-28-19-9-11-27-12-10-19/h2-8,13,15,19H,9-12,14H2,1H3,(H,23,24)(H,25,26). The lowest BCUT2D eigenvalue weighted by molar-refractivity contribution is -0.138. The molecule has 0 radical (unpaired) electrons. The molecule has 6 heteroatoms. The number of benzene rings is 2. The third-order valence-corrected chi connectivity index (χ3v) is 4.92. The summed E-state index contributed by atoms with van der Waals surface area (Å²) in [6, 6.07) is 14.3. The molecule has 148 valence electrons. The predicted octanol–water partition coefficient (Wildman–Crippen LogP) is 3.82. The molecule has 1 aliphatic heterocycles. The minimum absolute atomic E-state index is 0.152. The highest BCUT2D eigenvalue weighted by atomic mass is 16.5. The van der Waals surface area contributed by atoms with Crippen LogP contribution in [0.3, 0.4) is 0 Å². The van der Waals surface area contributed by atoms with Crippen LogP contribution in [0.2, 0.25) is 0 Å². The first-order valence-electron chi connectivity index (χ1n) is 9.46. The van der Waals surface area contributed by atoms with E-state index in [0.717, 1.165) is 18.4 Å². The first-order chi connectivity index (χ1) is 13.5. The van der Waals surface area contributed by atoms with Crippen LogP contribution in [0.5, 0.6) is 0 Å². The Bertz CT molecular complexity index is 829. The van der Waals surface area contributed by atoms with Crippen LogP contribution in [-0.2, 0) is 20.9 Å². The van der Waals surface area contributed by atoms with Gasteiger partial charge >= 0.3 is 5.97 Å². The van der Waals surface area contributed by atoms with Gasteiger partial charge in [0.25, 0.3) is 5.91 Å². The van der Waals surface area contributed by atoms with Gasteiger partial charge < -0.3 is 19.9 Å². The largest absolute Gasteiger partial charge is 0.481 e. The average molecular weight is 383 g/mol. The second-order valence-corrected chi connectivity index (χ2v) is 6.92. The molecule has 1 unspecified atom stereocenters. The van der Waals surface area contributed by atoms with Crippen LogP contribution in [-0.4, -0.2) is 36.3 Å². The van der Waals surface area contributed by atoms with Crippen molar-refractivity contribution in [1.82, 2.24) is 0 Å². The van der Waals surface area contributed by atoms with Crippen molar-refractivity contribution in [1.29, 1.82) is 0 Å². The van der Waals surface area contributed by atoms with Crippen LogP contribution in [0.1, 0.15) is 47.2 Å². The van der Waals surface area contributed by atoms with E-state index in [0.29, 0.717) is 36.6 Å². The average Bonchev–Trinajstić information content (AvgIpc) is 2.72. The normalized spacial score (nSPS) is 15.8. The van der Waals surface area contributed by atoms with Crippen molar-refractivity contribution in [3.8, 4) is 0 Å². The lowest BCUT2D eigenvalue weighted by Gasteiger charge is -2.23. The van der Waals surface area contributed by atoms with Gasteiger partial charge in [0.05, 0.1) is 18.6 Å². The van der Waals surface area contributed by atoms with Crippen molar-refractivity contribution in [2.24, 2.45) is 0 Å². The van der Waals surface area contributed by atoms with Crippen molar-refractivity contribution in [3.05, 3.63) is 65.2 Å². The lowest BCUT2D eigenvalue weighted by Crippen LogP contribution is -2.24. The van der Waals surface area contributed by atoms with Crippen LogP contribution in [0.15, 0.2) is 48.5 Å². The Hall–Kier alpha value is -2.70. The monoisotopic (exact) mass is 383 g/mol. The summed E-state index contributed by atoms with van der Waals surface area (Å²) in [6.07, 6.45) is 1.88. The molecule has 0 spiro atoms. The molecule has 3 rings (SSSR count). The van der Waals surface area contributed by atoms with E-state index in [2.05, 4.69) is 5.32 Å². The number of nitrogens with one attached hydrogen (secondary N) is 1. The number of carbonyl (C=O) groups excluding carboxylic acids is 1. The predicted molar refractivity (Wildman–Crippen MR) is 106 cm³/mol. The number of aliphatic carboxylic acids is 1. The zero-order valence-electron chi connectivity index (χ0n) is 15.9. The Kier molecular flexibility index (Phi) is 6.79. The van der Waals surface area contributed by atoms with Crippen molar-refractivity contribution in [3.63, 3.8) is 0 Å². The van der Waals surface area contributed by atoms with Gasteiger partial charge in [-0.3, -0.25) is 9.59 Å². The smallest absolute Gasteiger partial charge is 0.310 e. The fourth-order valence-electron chi connectivity index (χ4n) is 3.14. The highest BCUT2D eigenvalue weighted by molar-refractivity contribution is 6.05. The summed E-state index contributed by atoms with van der Waals surface area (Å²) in [7, 11) is 0. The summed E-state index contributed by atoms with van der Waals surface area (Å²) in [5, 5.41) is 12.0. The van der Waals surface area contributed by atoms with Crippen molar-refractivity contribution < 1.29 is 24.2 Å². The molecule has 1 saturated heterocycles. The molecule has 0 bridgehead atoms. The molecule has 0 aromatic heterocycles. The molecule has 6 nitrogen and oxygen atoms in total. The summed E-state index contributed by atoms with van der Waals surface area (Å²) in [5.74, 6) is -1.79. The van der Waals surface area contributed by atoms with Gasteiger partial charge in [-0.15, -0.1) is 0 Å². The fraction of sp³-hybridized carbons (Fsp3) is 0.364. The topological polar surface area (TPSA) is 84.9 Å². The summed E-state index contributed by atoms with van der Waals surface area (Å²) in [6.45, 7) is 3.40. The number of amides is 1. The van der Waals surface area contributed by atoms with Gasteiger partial charge in [0, 0.05) is 24.5 Å². The van der Waals surface area contributed by atoms with Crippen molar-refractivity contribution in [2.45, 2.75) is 38.4 Å². The van der Waals surface area contributed by atoms with Crippen LogP contribution < -0.4 is 5.32 Å². The molecule has 28 heavy (non-hydrogen) atoms. The Balaban J connectivity index is 1.69. The highest BCUT2D eigenvalue weighted by Crippen LogP contribution is 2.21. The van der Waals surface area contributed by atoms with Crippen molar-refractivity contribution in [2.75, 3.05) is 18.5 Å². The molecule has 1 atom stereocenters. The van der Waals surface area contributed by atoms with Crippen LogP contribution in [0.4, 0.5) is 5.69 Å². The van der Waals surface area contributed by atoms with E-state index in [1.165, 1.54) is 0 Å². The van der Waals surface area contributed by atoms with Crippen molar-refractivity contribution >= 4 is 17.6 Å². The maximum atomic E-state index is 12.8. The van der Waals surface area contributed by atoms with Crippen LogP contribution >= 0.6 is 0 Å². The number of anilines is 1. The number of ether oxygens (including phenoxy) is 2. The third-order valence-electron chi connectivity index (χ3n) is 4.92. The molecule has 2 aromatic carbocycles. The maximum Gasteiger partial charge on any atom is 0.310 e. The molecule has 2 aromatic rings. The van der Waals surface area contributed by atoms with Gasteiger partial charge in [-0.1, -0.05) is 30.3 Å². The molecule has 1 fully saturated rings. The second kappa shape index (κ2) is 9.48. The first-order valence-corrected chi connectivity index (χ1v) is 9.46. The van der Waals surface area contributed by atoms with E-state index >= 15 is 0 Å². The van der Waals surface area contributed by atoms with Gasteiger partial charge in [0.1, 0.15) is 0 Å². The molecule has 1 amide bonds. The van der Waals surface area contributed by atoms with E-state index < -0.39 is 11.9 Å². The molecule has 0 aliphatic carbocycles. The zero-order valence-corrected chi connectivity index (χ0v) is 15.9. The number of carboxylic acid groups (broad SMARTS) is 1. The van der Waals surface area contributed by atoms with Crippen LogP contribution in [0.25, 0.3) is 0 Å². The Morgan fingerprint density at radius 2 is 1.93 bits per heavy atom. The number of rotatable bonds is 7. The number of hydrogen-bond donors (Lipinski definition) is 2. The van der Waals surface area contributed by atoms with Gasteiger partial charge in [0.2, 0.25) is 0 Å². The molecular weight excluding hydrogens is 358 g/mol. The van der Waals surface area contributed by atoms with E-state index in [4.69, 9.17) is 9.47 Å². The zero-order chi connectivity index (χ0) is 19.9. The van der Waals surface area contributed by atoms with Gasteiger partial charge in [-0.05, 0) is 49.1 Å². The fourth-order valence-corrected chi connectivity index (χ4v) is 3.14. The van der Waals surface area contributed by atoms with E-state index in [9.17, 15) is 14.7 Å². The third kappa shape index (κ3) is 5.18. The Morgan fingerprint density at radius 3 is 2.68 bits per heavy atom. The lowest BCUT2D eigenvalue weighted by atomic mass is 10.0. The quantitative estimate of drug-likeness (QED) is 0.759. The molecular formula is C22H25NO5. The minimum Gasteiger partial charge on any atom is -0.481 e. The Labute approximate surface area is 164 Å². The highest BCUT2D eigenvalue weighted by Gasteiger charge is 2.18. The van der Waals surface area contributed by atoms with Gasteiger partial charge in [0.15, 0.2) is 0 Å². The second-order valence-electron chi connectivity index (χ2n) is 6.92. The summed E-state index contributed by atoms with van der Waals surface area (Å²) in [4.78, 5) is 24.0. The first kappa shape index (κ1) is 20.0. The van der Waals surface area contributed by atoms with E-state index in [-0.39, 0.29) is 12.0 Å². The number of carboxylic acids is 1. The SMILES string of the molecule is CC(C(=O)O)c1cccc(NC(=O)c2ccccc2COC2CCOCC2)c1. The molecule has 0 saturated carbocycles. The van der Waals surface area contributed by atoms with Gasteiger partial charge in [-0.25, -0.2) is 0 Å². The summed E-state index contributed by atoms with van der Waals surface area (Å²) in [5.41, 5.74) is 2.57. The number of hydrogen-bond acceptors (Lipinski definition) is 4. The van der Waals surface area contributed by atoms with Gasteiger partial charge in [-0.2, -0.15) is 0 Å². The van der Waals surface area contributed by atoms with E-state index in [1.54, 1.807) is 37.3 Å². The molecule has 2 N–H and O–H groups in total. The molecule has 1 aliphatic rings. The minimum atomic E-state index is -0.904. The van der Waals surface area contributed by atoms with Crippen LogP contribution in [0, 0.1) is 0 Å². The van der Waals surface area contributed by atoms with E-state index in [1.807, 2.05) is 18.2 Å².